The lowest BCUT2D eigenvalue weighted by Crippen LogP contribution is -1.93. The predicted octanol–water partition coefficient (Wildman–Crippen LogP) is 3.43. The number of pyridine rings is 1. The highest BCUT2D eigenvalue weighted by Crippen LogP contribution is 2.16. The number of fused-ring (bicyclic) bond motifs is 1. The Kier molecular flexibility index (Phi) is 2.49. The van der Waals surface area contributed by atoms with Gasteiger partial charge < -0.3 is 0 Å². The quantitative estimate of drug-likeness (QED) is 0.698. The fraction of sp³-hybridized carbons (Fsp3) is 0.308. The molecule has 0 saturated carbocycles. The first-order chi connectivity index (χ1) is 6.75. The Labute approximate surface area is 84.8 Å². The van der Waals surface area contributed by atoms with Gasteiger partial charge in [0.1, 0.15) is 0 Å². The van der Waals surface area contributed by atoms with Crippen LogP contribution in [0.3, 0.4) is 0 Å². The van der Waals surface area contributed by atoms with E-state index in [9.17, 15) is 0 Å². The number of nitrogens with zero attached hydrogens (tertiary/aromatic N) is 1. The van der Waals surface area contributed by atoms with Crippen molar-refractivity contribution < 1.29 is 0 Å². The number of hydrogen-bond acceptors (Lipinski definition) is 1. The summed E-state index contributed by atoms with van der Waals surface area (Å²) in [6, 6.07) is 8.67. The molecule has 0 aliphatic heterocycles. The van der Waals surface area contributed by atoms with E-state index in [0.717, 1.165) is 6.42 Å². The van der Waals surface area contributed by atoms with Gasteiger partial charge in [-0.3, -0.25) is 4.98 Å². The Balaban J connectivity index is 2.41. The highest BCUT2D eigenvalue weighted by atomic mass is 14.6. The molecule has 1 aromatic heterocycles. The van der Waals surface area contributed by atoms with Crippen LogP contribution in [0.4, 0.5) is 0 Å². The van der Waals surface area contributed by atoms with Gasteiger partial charge in [-0.2, -0.15) is 0 Å². The Morgan fingerprint density at radius 3 is 2.79 bits per heavy atom. The lowest BCUT2D eigenvalue weighted by molar-refractivity contribution is 0.648. The van der Waals surface area contributed by atoms with E-state index in [4.69, 9.17) is 0 Å². The van der Waals surface area contributed by atoms with E-state index in [1.165, 1.54) is 16.3 Å². The van der Waals surface area contributed by atoms with Crippen molar-refractivity contribution in [1.29, 1.82) is 0 Å². The van der Waals surface area contributed by atoms with E-state index >= 15 is 0 Å². The summed E-state index contributed by atoms with van der Waals surface area (Å²) >= 11 is 0. The van der Waals surface area contributed by atoms with Crippen LogP contribution in [0.2, 0.25) is 0 Å². The van der Waals surface area contributed by atoms with Gasteiger partial charge in [-0.25, -0.2) is 0 Å². The Morgan fingerprint density at radius 1 is 1.14 bits per heavy atom. The average Bonchev–Trinajstić information content (AvgIpc) is 2.17. The summed E-state index contributed by atoms with van der Waals surface area (Å²) in [5.41, 5.74) is 1.40. The molecule has 2 rings (SSSR count). The van der Waals surface area contributed by atoms with Crippen molar-refractivity contribution in [2.75, 3.05) is 0 Å². The van der Waals surface area contributed by atoms with Gasteiger partial charge in [0.25, 0.3) is 0 Å². The molecule has 72 valence electrons. The first kappa shape index (κ1) is 9.20. The number of rotatable bonds is 2. The molecule has 0 amide bonds. The standard InChI is InChI=1S/C13H15N/c1-10(2)7-11-3-4-12-5-6-14-9-13(12)8-11/h3-6,8-10H,7H2,1-2H3. The molecule has 0 saturated heterocycles. The van der Waals surface area contributed by atoms with E-state index in [-0.39, 0.29) is 0 Å². The van der Waals surface area contributed by atoms with Crippen LogP contribution in [0.15, 0.2) is 36.7 Å². The van der Waals surface area contributed by atoms with Crippen molar-refractivity contribution in [1.82, 2.24) is 4.98 Å². The van der Waals surface area contributed by atoms with Gasteiger partial charge >= 0.3 is 0 Å². The van der Waals surface area contributed by atoms with E-state index < -0.39 is 0 Å². The van der Waals surface area contributed by atoms with Gasteiger partial charge in [0.15, 0.2) is 0 Å². The van der Waals surface area contributed by atoms with E-state index in [1.807, 2.05) is 12.4 Å². The molecule has 0 aliphatic carbocycles. The average molecular weight is 185 g/mol. The summed E-state index contributed by atoms with van der Waals surface area (Å²) in [6.45, 7) is 4.49. The SMILES string of the molecule is CC(C)Cc1ccc2ccncc2c1. The first-order valence-electron chi connectivity index (χ1n) is 5.08. The molecule has 0 spiro atoms. The van der Waals surface area contributed by atoms with Crippen molar-refractivity contribution in [2.45, 2.75) is 20.3 Å². The molecule has 0 N–H and O–H groups in total. The predicted molar refractivity (Wildman–Crippen MR) is 60.3 cm³/mol. The molecular weight excluding hydrogens is 170 g/mol. The summed E-state index contributed by atoms with van der Waals surface area (Å²) in [5, 5.41) is 2.51. The maximum Gasteiger partial charge on any atom is 0.0346 e. The molecule has 1 nitrogen and oxygen atoms in total. The number of benzene rings is 1. The Morgan fingerprint density at radius 2 is 2.00 bits per heavy atom. The summed E-state index contributed by atoms with van der Waals surface area (Å²) in [7, 11) is 0. The molecule has 0 bridgehead atoms. The molecule has 0 fully saturated rings. The zero-order valence-electron chi connectivity index (χ0n) is 8.70. The fourth-order valence-corrected chi connectivity index (χ4v) is 1.73. The maximum atomic E-state index is 4.13. The smallest absolute Gasteiger partial charge is 0.0346 e. The fourth-order valence-electron chi connectivity index (χ4n) is 1.73. The third-order valence-electron chi connectivity index (χ3n) is 2.35. The van der Waals surface area contributed by atoms with Crippen LogP contribution in [0.5, 0.6) is 0 Å². The Hall–Kier alpha value is -1.37. The van der Waals surface area contributed by atoms with Crippen molar-refractivity contribution in [3.8, 4) is 0 Å². The van der Waals surface area contributed by atoms with Gasteiger partial charge in [-0.05, 0) is 35.4 Å². The number of hydrogen-bond donors (Lipinski definition) is 0. The van der Waals surface area contributed by atoms with Gasteiger partial charge in [-0.15, -0.1) is 0 Å². The van der Waals surface area contributed by atoms with Crippen LogP contribution in [0.1, 0.15) is 19.4 Å². The molecule has 0 unspecified atom stereocenters. The lowest BCUT2D eigenvalue weighted by Gasteiger charge is -2.05. The van der Waals surface area contributed by atoms with Gasteiger partial charge in [0.2, 0.25) is 0 Å². The second kappa shape index (κ2) is 3.79. The highest BCUT2D eigenvalue weighted by molar-refractivity contribution is 5.81. The maximum absolute atomic E-state index is 4.13. The summed E-state index contributed by atoms with van der Waals surface area (Å²) < 4.78 is 0. The van der Waals surface area contributed by atoms with Crippen LogP contribution in [0, 0.1) is 5.92 Å². The van der Waals surface area contributed by atoms with Crippen molar-refractivity contribution in [3.05, 3.63) is 42.2 Å². The molecule has 0 radical (unpaired) electrons. The normalized spacial score (nSPS) is 11.1. The molecule has 1 heterocycles. The second-order valence-corrected chi connectivity index (χ2v) is 4.16. The number of aromatic nitrogens is 1. The molecule has 14 heavy (non-hydrogen) atoms. The third-order valence-corrected chi connectivity index (χ3v) is 2.35. The molecule has 1 heteroatoms. The topological polar surface area (TPSA) is 12.9 Å². The van der Waals surface area contributed by atoms with Gasteiger partial charge in [-0.1, -0.05) is 26.0 Å². The van der Waals surface area contributed by atoms with Gasteiger partial charge in [0, 0.05) is 17.8 Å². The van der Waals surface area contributed by atoms with Crippen LogP contribution in [-0.4, -0.2) is 4.98 Å². The third kappa shape index (κ3) is 1.92. The minimum absolute atomic E-state index is 0.712. The van der Waals surface area contributed by atoms with E-state index in [0.29, 0.717) is 5.92 Å². The van der Waals surface area contributed by atoms with Crippen LogP contribution in [-0.2, 0) is 6.42 Å². The van der Waals surface area contributed by atoms with Crippen molar-refractivity contribution >= 4 is 10.8 Å². The summed E-state index contributed by atoms with van der Waals surface area (Å²) in [6.07, 6.45) is 4.91. The first-order valence-corrected chi connectivity index (χ1v) is 5.08. The highest BCUT2D eigenvalue weighted by Gasteiger charge is 1.99. The zero-order valence-corrected chi connectivity index (χ0v) is 8.70. The molecule has 0 aliphatic rings. The second-order valence-electron chi connectivity index (χ2n) is 4.16. The largest absolute Gasteiger partial charge is 0.264 e. The minimum Gasteiger partial charge on any atom is -0.264 e. The van der Waals surface area contributed by atoms with Gasteiger partial charge in [0.05, 0.1) is 0 Å². The van der Waals surface area contributed by atoms with E-state index in [2.05, 4.69) is 43.1 Å². The molecule has 0 atom stereocenters. The van der Waals surface area contributed by atoms with Crippen LogP contribution in [0.25, 0.3) is 10.8 Å². The molecular formula is C13H15N. The van der Waals surface area contributed by atoms with Crippen LogP contribution >= 0.6 is 0 Å². The van der Waals surface area contributed by atoms with Crippen LogP contribution < -0.4 is 0 Å². The minimum atomic E-state index is 0.712. The Bertz CT molecular complexity index is 432. The molecule has 2 aromatic rings. The summed E-state index contributed by atoms with van der Waals surface area (Å²) in [4.78, 5) is 4.13. The van der Waals surface area contributed by atoms with E-state index in [1.54, 1.807) is 0 Å². The van der Waals surface area contributed by atoms with Crippen molar-refractivity contribution in [2.24, 2.45) is 5.92 Å². The zero-order chi connectivity index (χ0) is 9.97. The van der Waals surface area contributed by atoms with Crippen molar-refractivity contribution in [3.63, 3.8) is 0 Å². The lowest BCUT2D eigenvalue weighted by atomic mass is 10.0. The summed E-state index contributed by atoms with van der Waals surface area (Å²) in [5.74, 6) is 0.712. The monoisotopic (exact) mass is 185 g/mol. The molecule has 1 aromatic carbocycles.